The van der Waals surface area contributed by atoms with Crippen molar-refractivity contribution in [3.05, 3.63) is 109 Å². The number of alkyl halides is 3. The van der Waals surface area contributed by atoms with Crippen molar-refractivity contribution in [3.63, 3.8) is 0 Å². The van der Waals surface area contributed by atoms with E-state index < -0.39 is 51.4 Å². The Labute approximate surface area is 253 Å². The molecule has 0 bridgehead atoms. The van der Waals surface area contributed by atoms with Crippen molar-refractivity contribution < 1.29 is 27.6 Å². The molecular formula is C29H19BrF3N3O4S2. The Kier molecular flexibility index (Phi) is 7.36. The number of carbonyl (C=O) groups excluding carboxylic acids is 3. The van der Waals surface area contributed by atoms with Crippen LogP contribution >= 0.6 is 39.0 Å². The van der Waals surface area contributed by atoms with E-state index in [1.54, 1.807) is 54.6 Å². The smallest absolute Gasteiger partial charge is 0.325 e. The van der Waals surface area contributed by atoms with Gasteiger partial charge in [0.05, 0.1) is 22.2 Å². The van der Waals surface area contributed by atoms with Crippen molar-refractivity contribution in [3.8, 4) is 0 Å². The highest BCUT2D eigenvalue weighted by molar-refractivity contribution is 9.10. The first-order valence-electron chi connectivity index (χ1n) is 12.6. The number of halogens is 4. The summed E-state index contributed by atoms with van der Waals surface area (Å²) in [6.45, 7) is -0.323. The van der Waals surface area contributed by atoms with E-state index >= 15 is 0 Å². The molecule has 3 amide bonds. The van der Waals surface area contributed by atoms with Gasteiger partial charge in [-0.05, 0) is 48.0 Å². The lowest BCUT2D eigenvalue weighted by Crippen LogP contribution is -2.33. The first kappa shape index (κ1) is 28.4. The monoisotopic (exact) mass is 673 g/mol. The summed E-state index contributed by atoms with van der Waals surface area (Å²) in [5, 5.41) is 2.10. The molecule has 0 aliphatic carbocycles. The number of para-hydroxylation sites is 1. The number of fused-ring (bicyclic) bond motifs is 2. The molecule has 1 saturated heterocycles. The van der Waals surface area contributed by atoms with E-state index in [1.807, 2.05) is 0 Å². The second kappa shape index (κ2) is 10.9. The number of nitrogens with zero attached hydrogens (tertiary/aromatic N) is 2. The van der Waals surface area contributed by atoms with Crippen LogP contribution in [-0.4, -0.2) is 27.5 Å². The number of hydrogen-bond acceptors (Lipinski definition) is 6. The van der Waals surface area contributed by atoms with Crippen molar-refractivity contribution in [1.29, 1.82) is 0 Å². The molecule has 214 valence electrons. The number of thiazole rings is 1. The number of nitrogens with one attached hydrogen (secondary N) is 1. The number of benzene rings is 3. The Morgan fingerprint density at radius 3 is 2.33 bits per heavy atom. The minimum absolute atomic E-state index is 0.174. The van der Waals surface area contributed by atoms with Gasteiger partial charge in [-0.15, -0.1) is 0 Å². The van der Waals surface area contributed by atoms with Crippen LogP contribution in [0, 0.1) is 5.92 Å². The lowest BCUT2D eigenvalue weighted by atomic mass is 9.83. The van der Waals surface area contributed by atoms with Crippen LogP contribution in [0.4, 0.5) is 24.5 Å². The Hall–Kier alpha value is -3.68. The molecule has 2 aliphatic rings. The summed E-state index contributed by atoms with van der Waals surface area (Å²) >= 11 is 5.28. The van der Waals surface area contributed by atoms with Crippen LogP contribution in [-0.2, 0) is 27.1 Å². The van der Waals surface area contributed by atoms with Crippen LogP contribution in [0.3, 0.4) is 0 Å². The zero-order valence-corrected chi connectivity index (χ0v) is 24.5. The van der Waals surface area contributed by atoms with Crippen molar-refractivity contribution in [1.82, 2.24) is 4.57 Å². The van der Waals surface area contributed by atoms with Crippen LogP contribution in [0.25, 0.3) is 0 Å². The second-order valence-corrected chi connectivity index (χ2v) is 12.7. The molecule has 1 N–H and O–H groups in total. The predicted octanol–water partition coefficient (Wildman–Crippen LogP) is 6.13. The fourth-order valence-electron chi connectivity index (χ4n) is 5.23. The molecule has 1 fully saturated rings. The summed E-state index contributed by atoms with van der Waals surface area (Å²) in [5.74, 6) is -3.49. The highest BCUT2D eigenvalue weighted by Crippen LogP contribution is 2.54. The SMILES string of the molecule is O=C(Cn1c2c(sc1=O)[C@H](c1ccc(Br)cc1)C1C(=O)N(c3cccc(C(F)(F)F)c3)C(=O)C1S2)Nc1ccccc1. The maximum Gasteiger partial charge on any atom is 0.416 e. The number of thioether (sulfide) groups is 1. The van der Waals surface area contributed by atoms with Crippen LogP contribution < -0.4 is 15.1 Å². The third-order valence-corrected chi connectivity index (χ3v) is 10.2. The van der Waals surface area contributed by atoms with Crippen LogP contribution in [0.5, 0.6) is 0 Å². The van der Waals surface area contributed by atoms with Gasteiger partial charge in [0.1, 0.15) is 11.8 Å². The standard InChI is InChI=1S/C29H19BrF3N3O4S2/c30-17-11-9-15(10-12-17)21-22-23(26(39)36(25(22)38)19-8-4-5-16(13-19)29(31,32)33)41-27-24(21)42-28(40)35(27)14-20(37)34-18-6-2-1-3-7-18/h1-13,21-23H,14H2,(H,34,37)/t21-,22?,23?/m1/s1. The fourth-order valence-corrected chi connectivity index (χ4v) is 8.26. The summed E-state index contributed by atoms with van der Waals surface area (Å²) in [6.07, 6.45) is -4.66. The van der Waals surface area contributed by atoms with Gasteiger partial charge in [-0.1, -0.05) is 75.4 Å². The van der Waals surface area contributed by atoms with Crippen molar-refractivity contribution in [2.75, 3.05) is 10.2 Å². The number of imide groups is 1. The van der Waals surface area contributed by atoms with Crippen molar-refractivity contribution in [2.45, 2.75) is 28.9 Å². The van der Waals surface area contributed by atoms with E-state index in [2.05, 4.69) is 21.2 Å². The highest BCUT2D eigenvalue weighted by Gasteiger charge is 2.57. The topological polar surface area (TPSA) is 88.5 Å². The number of rotatable bonds is 5. The van der Waals surface area contributed by atoms with E-state index in [4.69, 9.17) is 0 Å². The van der Waals surface area contributed by atoms with Crippen LogP contribution in [0.15, 0.2) is 93.2 Å². The van der Waals surface area contributed by atoms with Crippen LogP contribution in [0.2, 0.25) is 0 Å². The van der Waals surface area contributed by atoms with Gasteiger partial charge >= 0.3 is 11.0 Å². The lowest BCUT2D eigenvalue weighted by molar-refractivity contribution is -0.137. The van der Waals surface area contributed by atoms with Gasteiger partial charge in [-0.25, -0.2) is 4.90 Å². The molecule has 3 aromatic carbocycles. The Balaban J connectivity index is 1.42. The number of amides is 3. The second-order valence-electron chi connectivity index (χ2n) is 9.69. The molecular weight excluding hydrogens is 655 g/mol. The Morgan fingerprint density at radius 2 is 1.64 bits per heavy atom. The number of anilines is 2. The van der Waals surface area contributed by atoms with Crippen molar-refractivity contribution >= 4 is 68.1 Å². The minimum atomic E-state index is -4.66. The predicted molar refractivity (Wildman–Crippen MR) is 157 cm³/mol. The van der Waals surface area contributed by atoms with Gasteiger partial charge in [0.2, 0.25) is 17.7 Å². The molecule has 4 aromatic rings. The summed E-state index contributed by atoms with van der Waals surface area (Å²) in [4.78, 5) is 54.7. The van der Waals surface area contributed by atoms with E-state index in [0.717, 1.165) is 50.7 Å². The molecule has 2 aliphatic heterocycles. The van der Waals surface area contributed by atoms with Gasteiger partial charge in [0.15, 0.2) is 0 Å². The molecule has 13 heteroatoms. The number of carbonyl (C=O) groups is 3. The van der Waals surface area contributed by atoms with Gasteiger partial charge in [0, 0.05) is 21.0 Å². The Morgan fingerprint density at radius 1 is 0.929 bits per heavy atom. The number of aromatic nitrogens is 1. The third-order valence-electron chi connectivity index (χ3n) is 7.07. The summed E-state index contributed by atoms with van der Waals surface area (Å²) in [5.41, 5.74) is 0.0506. The highest BCUT2D eigenvalue weighted by atomic mass is 79.9. The van der Waals surface area contributed by atoms with Crippen molar-refractivity contribution in [2.24, 2.45) is 5.92 Å². The molecule has 0 saturated carbocycles. The fraction of sp³-hybridized carbons (Fsp3) is 0.172. The first-order valence-corrected chi connectivity index (χ1v) is 15.1. The van der Waals surface area contributed by atoms with E-state index in [-0.39, 0.29) is 12.2 Å². The third kappa shape index (κ3) is 5.09. The Bertz CT molecular complexity index is 1770. The molecule has 0 spiro atoms. The number of hydrogen-bond donors (Lipinski definition) is 1. The van der Waals surface area contributed by atoms with E-state index in [9.17, 15) is 32.3 Å². The molecule has 3 atom stereocenters. The molecule has 3 heterocycles. The molecule has 6 rings (SSSR count). The van der Waals surface area contributed by atoms with Gasteiger partial charge in [0.25, 0.3) is 0 Å². The van der Waals surface area contributed by atoms with Gasteiger partial charge < -0.3 is 5.32 Å². The van der Waals surface area contributed by atoms with E-state index in [0.29, 0.717) is 21.2 Å². The first-order chi connectivity index (χ1) is 20.0. The lowest BCUT2D eigenvalue weighted by Gasteiger charge is -2.30. The molecule has 1 aromatic heterocycles. The summed E-state index contributed by atoms with van der Waals surface area (Å²) in [7, 11) is 0. The zero-order valence-electron chi connectivity index (χ0n) is 21.3. The normalized spacial score (nSPS) is 19.9. The molecule has 2 unspecified atom stereocenters. The van der Waals surface area contributed by atoms with Crippen LogP contribution in [0.1, 0.15) is 21.9 Å². The average Bonchev–Trinajstić information content (AvgIpc) is 3.40. The quantitative estimate of drug-likeness (QED) is 0.258. The van der Waals surface area contributed by atoms with E-state index in [1.165, 1.54) is 10.6 Å². The maximum atomic E-state index is 13.9. The summed E-state index contributed by atoms with van der Waals surface area (Å²) < 4.78 is 42.4. The maximum absolute atomic E-state index is 13.9. The molecule has 0 radical (unpaired) electrons. The average molecular weight is 675 g/mol. The summed E-state index contributed by atoms with van der Waals surface area (Å²) in [6, 6.07) is 19.9. The minimum Gasteiger partial charge on any atom is -0.325 e. The van der Waals surface area contributed by atoms with Gasteiger partial charge in [-0.2, -0.15) is 13.2 Å². The molecule has 42 heavy (non-hydrogen) atoms. The van der Waals surface area contributed by atoms with Gasteiger partial charge in [-0.3, -0.25) is 23.7 Å². The molecule has 7 nitrogen and oxygen atoms in total. The largest absolute Gasteiger partial charge is 0.416 e. The zero-order chi connectivity index (χ0) is 29.8.